The summed E-state index contributed by atoms with van der Waals surface area (Å²) < 4.78 is 0. The molecule has 2 heteroatoms. The van der Waals surface area contributed by atoms with Crippen molar-refractivity contribution in [3.05, 3.63) is 17.2 Å². The lowest BCUT2D eigenvalue weighted by molar-refractivity contribution is 0.432. The van der Waals surface area contributed by atoms with Crippen LogP contribution in [0.25, 0.3) is 0 Å². The van der Waals surface area contributed by atoms with Crippen molar-refractivity contribution in [1.29, 1.82) is 0 Å². The average molecular weight is 278 g/mol. The minimum atomic E-state index is 0.130. The molecule has 0 fully saturated rings. The van der Waals surface area contributed by atoms with Crippen LogP contribution in [0.4, 0.5) is 0 Å². The zero-order valence-corrected chi connectivity index (χ0v) is 14.9. The molecular weight excluding hydrogens is 244 g/mol. The lowest BCUT2D eigenvalue weighted by Crippen LogP contribution is -2.20. The van der Waals surface area contributed by atoms with Gasteiger partial charge in [-0.1, -0.05) is 68.2 Å². The average Bonchev–Trinajstić information content (AvgIpc) is 2.81. The van der Waals surface area contributed by atoms with Crippen LogP contribution in [0.15, 0.2) is 0 Å². The van der Waals surface area contributed by atoms with Gasteiger partial charge < -0.3 is 4.98 Å². The monoisotopic (exact) mass is 278 g/mol. The summed E-state index contributed by atoms with van der Waals surface area (Å²) in [5.41, 5.74) is 2.87. The Bertz CT molecular complexity index is 421. The molecule has 1 atom stereocenters. The third-order valence-corrected chi connectivity index (χ3v) is 4.36. The predicted octanol–water partition coefficient (Wildman–Crippen LogP) is 5.69. The maximum atomic E-state index is 5.02. The highest BCUT2D eigenvalue weighted by Crippen LogP contribution is 2.34. The molecule has 1 N–H and O–H groups in total. The van der Waals surface area contributed by atoms with Gasteiger partial charge >= 0.3 is 0 Å². The predicted molar refractivity (Wildman–Crippen MR) is 88.5 cm³/mol. The molecule has 0 aliphatic rings. The third kappa shape index (κ3) is 3.86. The van der Waals surface area contributed by atoms with Gasteiger partial charge in [0.15, 0.2) is 0 Å². The number of H-pyrrole nitrogens is 1. The third-order valence-electron chi connectivity index (χ3n) is 4.36. The van der Waals surface area contributed by atoms with Gasteiger partial charge in [0, 0.05) is 16.5 Å². The van der Waals surface area contributed by atoms with Crippen LogP contribution in [-0.2, 0) is 10.8 Å². The Morgan fingerprint density at radius 1 is 1.10 bits per heavy atom. The maximum Gasteiger partial charge on any atom is 0.112 e. The van der Waals surface area contributed by atoms with Crippen LogP contribution >= 0.6 is 0 Å². The van der Waals surface area contributed by atoms with E-state index in [4.69, 9.17) is 4.98 Å². The first-order valence-corrected chi connectivity index (χ1v) is 8.24. The molecule has 0 saturated carbocycles. The van der Waals surface area contributed by atoms with Crippen molar-refractivity contribution in [3.63, 3.8) is 0 Å². The van der Waals surface area contributed by atoms with Gasteiger partial charge in [-0.05, 0) is 18.8 Å². The van der Waals surface area contributed by atoms with Crippen LogP contribution in [0.5, 0.6) is 0 Å². The molecule has 1 rings (SSSR count). The normalized spacial score (nSPS) is 14.6. The second-order valence-corrected chi connectivity index (χ2v) is 7.89. The molecule has 0 aliphatic carbocycles. The number of nitrogens with one attached hydrogen (secondary N) is 1. The molecule has 0 aromatic carbocycles. The highest BCUT2D eigenvalue weighted by molar-refractivity contribution is 5.27. The van der Waals surface area contributed by atoms with Crippen molar-refractivity contribution >= 4 is 0 Å². The number of aromatic nitrogens is 2. The van der Waals surface area contributed by atoms with E-state index in [-0.39, 0.29) is 10.8 Å². The molecule has 1 aromatic rings. The molecule has 0 bridgehead atoms. The smallest absolute Gasteiger partial charge is 0.112 e. The van der Waals surface area contributed by atoms with Crippen molar-refractivity contribution in [3.8, 4) is 0 Å². The highest BCUT2D eigenvalue weighted by Gasteiger charge is 2.30. The van der Waals surface area contributed by atoms with Crippen LogP contribution in [0.2, 0.25) is 0 Å². The fourth-order valence-corrected chi connectivity index (χ4v) is 2.57. The Kier molecular flexibility index (Phi) is 5.46. The van der Waals surface area contributed by atoms with Crippen LogP contribution in [0.3, 0.4) is 0 Å². The van der Waals surface area contributed by atoms with E-state index in [0.29, 0.717) is 5.92 Å². The van der Waals surface area contributed by atoms with Crippen LogP contribution in [-0.4, -0.2) is 9.97 Å². The minimum absolute atomic E-state index is 0.130. The molecule has 116 valence electrons. The van der Waals surface area contributed by atoms with E-state index < -0.39 is 0 Å². The summed E-state index contributed by atoms with van der Waals surface area (Å²) in [5, 5.41) is 0. The van der Waals surface area contributed by atoms with Crippen molar-refractivity contribution in [2.24, 2.45) is 0 Å². The lowest BCUT2D eigenvalue weighted by Gasteiger charge is -2.22. The summed E-state index contributed by atoms with van der Waals surface area (Å²) >= 11 is 0. The first-order valence-electron chi connectivity index (χ1n) is 8.24. The summed E-state index contributed by atoms with van der Waals surface area (Å²) in [5.74, 6) is 1.70. The zero-order chi connectivity index (χ0) is 15.6. The number of aromatic amines is 1. The van der Waals surface area contributed by atoms with Gasteiger partial charge in [-0.3, -0.25) is 0 Å². The van der Waals surface area contributed by atoms with E-state index in [2.05, 4.69) is 60.4 Å². The van der Waals surface area contributed by atoms with Gasteiger partial charge in [-0.2, -0.15) is 0 Å². The van der Waals surface area contributed by atoms with E-state index in [1.54, 1.807) is 0 Å². The summed E-state index contributed by atoms with van der Waals surface area (Å²) in [6.45, 7) is 18.2. The van der Waals surface area contributed by atoms with Crippen LogP contribution < -0.4 is 0 Å². The molecule has 1 unspecified atom stereocenters. The summed E-state index contributed by atoms with van der Waals surface area (Å²) in [7, 11) is 0. The fourth-order valence-electron chi connectivity index (χ4n) is 2.57. The zero-order valence-electron chi connectivity index (χ0n) is 14.9. The second kappa shape index (κ2) is 6.32. The van der Waals surface area contributed by atoms with E-state index >= 15 is 0 Å². The Hall–Kier alpha value is -0.790. The number of hydrogen-bond donors (Lipinski definition) is 1. The van der Waals surface area contributed by atoms with Crippen molar-refractivity contribution in [2.75, 3.05) is 0 Å². The second-order valence-electron chi connectivity index (χ2n) is 7.89. The van der Waals surface area contributed by atoms with E-state index in [1.165, 1.54) is 36.5 Å². The van der Waals surface area contributed by atoms with Gasteiger partial charge in [0.25, 0.3) is 0 Å². The Labute approximate surface area is 125 Å². The summed E-state index contributed by atoms with van der Waals surface area (Å²) in [6.07, 6.45) is 4.84. The van der Waals surface area contributed by atoms with Gasteiger partial charge in [0.1, 0.15) is 5.82 Å². The highest BCUT2D eigenvalue weighted by atomic mass is 15.0. The molecule has 0 radical (unpaired) electrons. The molecule has 2 nitrogen and oxygen atoms in total. The van der Waals surface area contributed by atoms with Gasteiger partial charge in [0.2, 0.25) is 0 Å². The largest absolute Gasteiger partial charge is 0.345 e. The van der Waals surface area contributed by atoms with Crippen molar-refractivity contribution < 1.29 is 0 Å². The first kappa shape index (κ1) is 17.3. The Morgan fingerprint density at radius 3 is 2.15 bits per heavy atom. The van der Waals surface area contributed by atoms with Crippen LogP contribution in [0.1, 0.15) is 104 Å². The van der Waals surface area contributed by atoms with Gasteiger partial charge in [-0.15, -0.1) is 0 Å². The van der Waals surface area contributed by atoms with E-state index in [1.807, 2.05) is 0 Å². The summed E-state index contributed by atoms with van der Waals surface area (Å²) in [4.78, 5) is 8.69. The molecule has 0 amide bonds. The number of nitrogens with zero attached hydrogens (tertiary/aromatic N) is 1. The minimum Gasteiger partial charge on any atom is -0.345 e. The summed E-state index contributed by atoms with van der Waals surface area (Å²) in [6, 6.07) is 0. The van der Waals surface area contributed by atoms with Crippen molar-refractivity contribution in [1.82, 2.24) is 9.97 Å². The molecular formula is C18H34N2. The number of rotatable bonds is 6. The standard InChI is InChI=1S/C18H34N2/c1-9-11-12-18(7,8)16-19-14(13(3)10-2)15(20-16)17(4,5)6/h13H,9-12H2,1-8H3,(H,19,20). The molecule has 0 saturated heterocycles. The Balaban J connectivity index is 3.21. The molecule has 1 aromatic heterocycles. The Morgan fingerprint density at radius 2 is 1.70 bits per heavy atom. The SMILES string of the molecule is CCCCC(C)(C)c1nc(C(C)CC)c(C(C)(C)C)[nH]1. The quantitative estimate of drug-likeness (QED) is 0.711. The topological polar surface area (TPSA) is 28.7 Å². The fraction of sp³-hybridized carbons (Fsp3) is 0.833. The van der Waals surface area contributed by atoms with Gasteiger partial charge in [-0.25, -0.2) is 4.98 Å². The molecule has 20 heavy (non-hydrogen) atoms. The van der Waals surface area contributed by atoms with Crippen molar-refractivity contribution in [2.45, 2.75) is 97.8 Å². The lowest BCUT2D eigenvalue weighted by atomic mass is 9.86. The molecule has 0 spiro atoms. The van der Waals surface area contributed by atoms with E-state index in [0.717, 1.165) is 6.42 Å². The van der Waals surface area contributed by atoms with E-state index in [9.17, 15) is 0 Å². The first-order chi connectivity index (χ1) is 9.13. The van der Waals surface area contributed by atoms with Crippen LogP contribution in [0, 0.1) is 0 Å². The molecule has 0 aliphatic heterocycles. The number of hydrogen-bond acceptors (Lipinski definition) is 1. The number of imidazole rings is 1. The van der Waals surface area contributed by atoms with Gasteiger partial charge in [0.05, 0.1) is 5.69 Å². The molecule has 1 heterocycles. The maximum absolute atomic E-state index is 5.02. The number of unbranched alkanes of at least 4 members (excludes halogenated alkanes) is 1.